The molecule has 0 spiro atoms. The molecule has 0 bridgehead atoms. The van der Waals surface area contributed by atoms with E-state index in [1.807, 2.05) is 66.2 Å². The number of aromatic nitrogens is 3. The third kappa shape index (κ3) is 3.34. The Morgan fingerprint density at radius 1 is 0.778 bits per heavy atom. The summed E-state index contributed by atoms with van der Waals surface area (Å²) in [4.78, 5) is 9.01. The van der Waals surface area contributed by atoms with Gasteiger partial charge in [-0.2, -0.15) is 0 Å². The molecule has 0 unspecified atom stereocenters. The summed E-state index contributed by atoms with van der Waals surface area (Å²) in [5.74, 6) is 0.697. The Morgan fingerprint density at radius 2 is 1.41 bits per heavy atom. The van der Waals surface area contributed by atoms with E-state index in [0.29, 0.717) is 26.5 Å². The van der Waals surface area contributed by atoms with Gasteiger partial charge in [-0.15, -0.1) is 0 Å². The van der Waals surface area contributed by atoms with Crippen molar-refractivity contribution in [3.8, 4) is 33.9 Å². The molecule has 0 fully saturated rings. The van der Waals surface area contributed by atoms with E-state index in [1.54, 1.807) is 12.4 Å². The Bertz CT molecular complexity index is 1080. The fourth-order valence-corrected chi connectivity index (χ4v) is 3.78. The van der Waals surface area contributed by atoms with Crippen molar-refractivity contribution in [2.45, 2.75) is 0 Å². The number of hydrogen-bond donors (Lipinski definition) is 0. The van der Waals surface area contributed by atoms with Crippen LogP contribution < -0.4 is 0 Å². The summed E-state index contributed by atoms with van der Waals surface area (Å²) in [6, 6.07) is 17.0. The quantitative estimate of drug-likeness (QED) is 0.370. The number of rotatable bonds is 3. The number of benzene rings is 2. The van der Waals surface area contributed by atoms with Crippen LogP contribution in [0.25, 0.3) is 33.9 Å². The molecule has 6 heteroatoms. The number of imidazole rings is 1. The molecule has 0 atom stereocenters. The van der Waals surface area contributed by atoms with E-state index in [4.69, 9.17) is 39.8 Å². The molecule has 0 aliphatic heterocycles. The molecule has 2 heterocycles. The molecule has 0 amide bonds. The minimum Gasteiger partial charge on any atom is -0.327 e. The maximum atomic E-state index is 6.45. The molecule has 0 radical (unpaired) electrons. The Hall–Kier alpha value is -2.33. The molecule has 0 saturated carbocycles. The summed E-state index contributed by atoms with van der Waals surface area (Å²) in [5.41, 5.74) is 4.44. The maximum absolute atomic E-state index is 6.45. The standard InChI is InChI=1S/C21H14Cl3N3/c1-27-20(14-5-7-15(22)8-6-14)19(13-9-11-25-12-10-13)26-21(27)18-16(23)3-2-4-17(18)24/h2-12H,1H3. The SMILES string of the molecule is Cn1c(-c2c(Cl)cccc2Cl)nc(-c2ccncc2)c1-c1ccc(Cl)cc1. The highest BCUT2D eigenvalue weighted by Crippen LogP contribution is 2.40. The normalized spacial score (nSPS) is 11.0. The van der Waals surface area contributed by atoms with Gasteiger partial charge in [-0.25, -0.2) is 4.98 Å². The molecule has 0 saturated heterocycles. The van der Waals surface area contributed by atoms with Crippen LogP contribution in [0.3, 0.4) is 0 Å². The van der Waals surface area contributed by atoms with E-state index in [1.165, 1.54) is 0 Å². The molecule has 0 aliphatic rings. The second-order valence-electron chi connectivity index (χ2n) is 6.03. The molecule has 0 aliphatic carbocycles. The lowest BCUT2D eigenvalue weighted by Gasteiger charge is -2.10. The number of hydrogen-bond acceptors (Lipinski definition) is 2. The average molecular weight is 415 g/mol. The fourth-order valence-electron chi connectivity index (χ4n) is 3.08. The van der Waals surface area contributed by atoms with Gasteiger partial charge in [0.15, 0.2) is 0 Å². The highest BCUT2D eigenvalue weighted by Gasteiger charge is 2.21. The average Bonchev–Trinajstić information content (AvgIpc) is 3.00. The summed E-state index contributed by atoms with van der Waals surface area (Å²) < 4.78 is 2.01. The zero-order chi connectivity index (χ0) is 19.0. The molecule has 2 aromatic heterocycles. The van der Waals surface area contributed by atoms with Crippen LogP contribution in [0.15, 0.2) is 67.0 Å². The first-order valence-electron chi connectivity index (χ1n) is 8.23. The van der Waals surface area contributed by atoms with Crippen molar-refractivity contribution < 1.29 is 0 Å². The van der Waals surface area contributed by atoms with Gasteiger partial charge in [0.25, 0.3) is 0 Å². The Labute approximate surface area is 172 Å². The van der Waals surface area contributed by atoms with Crippen LogP contribution in [0.5, 0.6) is 0 Å². The highest BCUT2D eigenvalue weighted by molar-refractivity contribution is 6.39. The van der Waals surface area contributed by atoms with E-state index in [2.05, 4.69) is 4.98 Å². The zero-order valence-corrected chi connectivity index (χ0v) is 16.6. The minimum absolute atomic E-state index is 0.555. The van der Waals surface area contributed by atoms with Gasteiger partial charge < -0.3 is 4.57 Å². The molecular formula is C21H14Cl3N3. The maximum Gasteiger partial charge on any atom is 0.143 e. The summed E-state index contributed by atoms with van der Waals surface area (Å²) in [6.07, 6.45) is 3.50. The van der Waals surface area contributed by atoms with Gasteiger partial charge in [-0.1, -0.05) is 53.0 Å². The molecule has 0 N–H and O–H groups in total. The van der Waals surface area contributed by atoms with Crippen LogP contribution in [0.1, 0.15) is 0 Å². The summed E-state index contributed by atoms with van der Waals surface area (Å²) in [7, 11) is 1.95. The van der Waals surface area contributed by atoms with Gasteiger partial charge >= 0.3 is 0 Å². The minimum atomic E-state index is 0.555. The molecule has 134 valence electrons. The van der Waals surface area contributed by atoms with Crippen molar-refractivity contribution in [2.75, 3.05) is 0 Å². The van der Waals surface area contributed by atoms with Gasteiger partial charge in [0.05, 0.1) is 27.0 Å². The molecular weight excluding hydrogens is 401 g/mol. The summed E-state index contributed by atoms with van der Waals surface area (Å²) in [5, 5.41) is 1.79. The highest BCUT2D eigenvalue weighted by atomic mass is 35.5. The summed E-state index contributed by atoms with van der Waals surface area (Å²) in [6.45, 7) is 0. The largest absolute Gasteiger partial charge is 0.327 e. The van der Waals surface area contributed by atoms with E-state index in [9.17, 15) is 0 Å². The van der Waals surface area contributed by atoms with Crippen molar-refractivity contribution >= 4 is 34.8 Å². The topological polar surface area (TPSA) is 30.7 Å². The van der Waals surface area contributed by atoms with E-state index in [0.717, 1.165) is 22.5 Å². The Morgan fingerprint density at radius 3 is 2.04 bits per heavy atom. The predicted molar refractivity (Wildman–Crippen MR) is 112 cm³/mol. The van der Waals surface area contributed by atoms with Crippen LogP contribution in [0, 0.1) is 0 Å². The second kappa shape index (κ2) is 7.35. The zero-order valence-electron chi connectivity index (χ0n) is 14.3. The monoisotopic (exact) mass is 413 g/mol. The van der Waals surface area contributed by atoms with E-state index in [-0.39, 0.29) is 0 Å². The van der Waals surface area contributed by atoms with Crippen LogP contribution >= 0.6 is 34.8 Å². The number of pyridine rings is 1. The van der Waals surface area contributed by atoms with Crippen LogP contribution in [0.2, 0.25) is 15.1 Å². The lowest BCUT2D eigenvalue weighted by molar-refractivity contribution is 0.933. The molecule has 3 nitrogen and oxygen atoms in total. The van der Waals surface area contributed by atoms with Crippen LogP contribution in [-0.4, -0.2) is 14.5 Å². The fraction of sp³-hybridized carbons (Fsp3) is 0.0476. The van der Waals surface area contributed by atoms with Gasteiger partial charge in [-0.3, -0.25) is 4.98 Å². The molecule has 4 rings (SSSR count). The first kappa shape index (κ1) is 18.1. The summed E-state index contributed by atoms with van der Waals surface area (Å²) >= 11 is 19.0. The Kier molecular flexibility index (Phi) is 4.92. The van der Waals surface area contributed by atoms with Crippen molar-refractivity contribution in [1.29, 1.82) is 0 Å². The van der Waals surface area contributed by atoms with Crippen molar-refractivity contribution in [1.82, 2.24) is 14.5 Å². The van der Waals surface area contributed by atoms with Crippen LogP contribution in [0.4, 0.5) is 0 Å². The smallest absolute Gasteiger partial charge is 0.143 e. The van der Waals surface area contributed by atoms with E-state index >= 15 is 0 Å². The van der Waals surface area contributed by atoms with Crippen molar-refractivity contribution in [2.24, 2.45) is 7.05 Å². The molecule has 27 heavy (non-hydrogen) atoms. The van der Waals surface area contributed by atoms with E-state index < -0.39 is 0 Å². The van der Waals surface area contributed by atoms with Crippen LogP contribution in [-0.2, 0) is 7.05 Å². The molecule has 4 aromatic rings. The number of nitrogens with zero attached hydrogens (tertiary/aromatic N) is 3. The molecule has 2 aromatic carbocycles. The number of halogens is 3. The lowest BCUT2D eigenvalue weighted by Crippen LogP contribution is -1.97. The second-order valence-corrected chi connectivity index (χ2v) is 7.28. The third-order valence-electron chi connectivity index (χ3n) is 4.35. The first-order valence-corrected chi connectivity index (χ1v) is 9.37. The van der Waals surface area contributed by atoms with Gasteiger partial charge in [0.2, 0.25) is 0 Å². The van der Waals surface area contributed by atoms with Crippen molar-refractivity contribution in [3.05, 3.63) is 82.1 Å². The predicted octanol–water partition coefficient (Wildman–Crippen LogP) is 6.78. The van der Waals surface area contributed by atoms with Gasteiger partial charge in [0.1, 0.15) is 5.82 Å². The Balaban J connectivity index is 2.02. The first-order chi connectivity index (χ1) is 13.1. The van der Waals surface area contributed by atoms with Crippen molar-refractivity contribution in [3.63, 3.8) is 0 Å². The lowest BCUT2D eigenvalue weighted by atomic mass is 10.1. The third-order valence-corrected chi connectivity index (χ3v) is 5.23. The van der Waals surface area contributed by atoms with Gasteiger partial charge in [0, 0.05) is 35.6 Å². The van der Waals surface area contributed by atoms with Gasteiger partial charge in [-0.05, 0) is 36.4 Å².